The molecule has 0 saturated heterocycles. The van der Waals surface area contributed by atoms with Gasteiger partial charge in [0.05, 0.1) is 11.4 Å². The van der Waals surface area contributed by atoms with E-state index >= 15 is 0 Å². The van der Waals surface area contributed by atoms with Crippen molar-refractivity contribution in [1.82, 2.24) is 0 Å². The van der Waals surface area contributed by atoms with E-state index in [0.29, 0.717) is 12.2 Å². The van der Waals surface area contributed by atoms with Crippen LogP contribution in [0.5, 0.6) is 0 Å². The van der Waals surface area contributed by atoms with Crippen molar-refractivity contribution in [2.45, 2.75) is 27.2 Å². The maximum Gasteiger partial charge on any atom is 0.229 e. The van der Waals surface area contributed by atoms with Crippen molar-refractivity contribution < 1.29 is 4.79 Å². The molecule has 0 aliphatic rings. The van der Waals surface area contributed by atoms with E-state index in [1.807, 2.05) is 38.1 Å². The molecule has 0 aliphatic heterocycles. The van der Waals surface area contributed by atoms with Gasteiger partial charge in [-0.25, -0.2) is 0 Å². The van der Waals surface area contributed by atoms with Gasteiger partial charge < -0.3 is 10.6 Å². The number of anilines is 2. The Hall–Kier alpha value is -1.51. The minimum absolute atomic E-state index is 0.00819. The van der Waals surface area contributed by atoms with Crippen molar-refractivity contribution in [1.29, 1.82) is 0 Å². The first-order valence-corrected chi connectivity index (χ1v) is 5.73. The first-order valence-electron chi connectivity index (χ1n) is 5.73. The predicted octanol–water partition coefficient (Wildman–Crippen LogP) is 2.67. The number of para-hydroxylation sites is 2. The second-order valence-electron chi connectivity index (χ2n) is 4.20. The zero-order valence-electron chi connectivity index (χ0n) is 10.2. The molecule has 3 nitrogen and oxygen atoms in total. The number of nitrogen functional groups attached to an aromatic ring is 1. The maximum atomic E-state index is 12.1. The van der Waals surface area contributed by atoms with Gasteiger partial charge in [0.2, 0.25) is 5.91 Å². The van der Waals surface area contributed by atoms with Crippen LogP contribution in [-0.2, 0) is 4.79 Å². The second kappa shape index (κ2) is 5.54. The molecule has 1 aromatic carbocycles. The highest BCUT2D eigenvalue weighted by Gasteiger charge is 2.19. The lowest BCUT2D eigenvalue weighted by molar-refractivity contribution is -0.121. The van der Waals surface area contributed by atoms with Gasteiger partial charge in [0, 0.05) is 12.5 Å². The zero-order chi connectivity index (χ0) is 12.1. The average Bonchev–Trinajstić information content (AvgIpc) is 2.26. The molecule has 1 amide bonds. The van der Waals surface area contributed by atoms with Crippen LogP contribution in [0, 0.1) is 5.92 Å². The Morgan fingerprint density at radius 2 is 2.00 bits per heavy atom. The fourth-order valence-electron chi connectivity index (χ4n) is 1.62. The third-order valence-electron chi connectivity index (χ3n) is 2.43. The van der Waals surface area contributed by atoms with Crippen LogP contribution in [0.2, 0.25) is 0 Å². The lowest BCUT2D eigenvalue weighted by Gasteiger charge is -2.25. The summed E-state index contributed by atoms with van der Waals surface area (Å²) in [6.07, 6.45) is 0.923. The molecule has 16 heavy (non-hydrogen) atoms. The summed E-state index contributed by atoms with van der Waals surface area (Å²) in [6, 6.07) is 7.50. The number of hydrogen-bond donors (Lipinski definition) is 1. The normalized spacial score (nSPS) is 10.5. The van der Waals surface area contributed by atoms with E-state index < -0.39 is 0 Å². The molecule has 0 aliphatic carbocycles. The van der Waals surface area contributed by atoms with Crippen LogP contribution < -0.4 is 10.6 Å². The number of nitrogens with zero attached hydrogens (tertiary/aromatic N) is 1. The molecule has 0 spiro atoms. The van der Waals surface area contributed by atoms with Gasteiger partial charge in [-0.1, -0.05) is 32.9 Å². The molecule has 1 rings (SSSR count). The van der Waals surface area contributed by atoms with Crippen molar-refractivity contribution >= 4 is 17.3 Å². The Kier molecular flexibility index (Phi) is 4.35. The van der Waals surface area contributed by atoms with Crippen LogP contribution in [0.15, 0.2) is 24.3 Å². The average molecular weight is 220 g/mol. The van der Waals surface area contributed by atoms with Crippen LogP contribution in [0.25, 0.3) is 0 Å². The smallest absolute Gasteiger partial charge is 0.229 e. The molecule has 0 unspecified atom stereocenters. The van der Waals surface area contributed by atoms with Gasteiger partial charge in [-0.2, -0.15) is 0 Å². The van der Waals surface area contributed by atoms with E-state index in [1.165, 1.54) is 0 Å². The van der Waals surface area contributed by atoms with Gasteiger partial charge in [0.25, 0.3) is 0 Å². The minimum atomic E-state index is -0.00819. The van der Waals surface area contributed by atoms with Crippen molar-refractivity contribution in [3.05, 3.63) is 24.3 Å². The van der Waals surface area contributed by atoms with Gasteiger partial charge in [-0.3, -0.25) is 4.79 Å². The monoisotopic (exact) mass is 220 g/mol. The summed E-state index contributed by atoms with van der Waals surface area (Å²) in [5.41, 5.74) is 7.38. The third-order valence-corrected chi connectivity index (χ3v) is 2.43. The highest BCUT2D eigenvalue weighted by atomic mass is 16.2. The zero-order valence-corrected chi connectivity index (χ0v) is 10.2. The van der Waals surface area contributed by atoms with Crippen LogP contribution >= 0.6 is 0 Å². The third kappa shape index (κ3) is 2.75. The molecule has 2 N–H and O–H groups in total. The molecule has 0 fully saturated rings. The number of hydrogen-bond acceptors (Lipinski definition) is 2. The Morgan fingerprint density at radius 3 is 2.50 bits per heavy atom. The summed E-state index contributed by atoms with van der Waals surface area (Å²) in [4.78, 5) is 13.8. The molecular weight excluding hydrogens is 200 g/mol. The van der Waals surface area contributed by atoms with Crippen LogP contribution in [-0.4, -0.2) is 12.5 Å². The molecular formula is C13H20N2O. The van der Waals surface area contributed by atoms with E-state index in [9.17, 15) is 4.79 Å². The summed E-state index contributed by atoms with van der Waals surface area (Å²) in [5.74, 6) is 0.117. The Bertz CT molecular complexity index is 361. The molecule has 0 aromatic heterocycles. The van der Waals surface area contributed by atoms with E-state index in [-0.39, 0.29) is 11.8 Å². The number of rotatable bonds is 4. The summed E-state index contributed by atoms with van der Waals surface area (Å²) >= 11 is 0. The molecule has 1 aromatic rings. The van der Waals surface area contributed by atoms with Gasteiger partial charge in [0.1, 0.15) is 0 Å². The Balaban J connectivity index is 3.03. The van der Waals surface area contributed by atoms with Crippen molar-refractivity contribution in [2.75, 3.05) is 17.2 Å². The highest BCUT2D eigenvalue weighted by Crippen LogP contribution is 2.24. The Morgan fingerprint density at radius 1 is 1.38 bits per heavy atom. The minimum Gasteiger partial charge on any atom is -0.397 e. The van der Waals surface area contributed by atoms with Crippen LogP contribution in [0.1, 0.15) is 27.2 Å². The number of benzene rings is 1. The topological polar surface area (TPSA) is 46.3 Å². The van der Waals surface area contributed by atoms with Crippen molar-refractivity contribution in [2.24, 2.45) is 5.92 Å². The quantitative estimate of drug-likeness (QED) is 0.793. The van der Waals surface area contributed by atoms with Gasteiger partial charge in [-0.05, 0) is 18.6 Å². The number of carbonyl (C=O) groups is 1. The number of nitrogens with two attached hydrogens (primary N) is 1. The first-order chi connectivity index (χ1) is 7.57. The van der Waals surface area contributed by atoms with Crippen molar-refractivity contribution in [3.8, 4) is 0 Å². The van der Waals surface area contributed by atoms with E-state index in [0.717, 1.165) is 12.1 Å². The largest absolute Gasteiger partial charge is 0.397 e. The summed E-state index contributed by atoms with van der Waals surface area (Å²) in [5, 5.41) is 0. The predicted molar refractivity (Wildman–Crippen MR) is 68.3 cm³/mol. The molecule has 0 heterocycles. The number of carbonyl (C=O) groups excluding carboxylic acids is 1. The molecule has 0 atom stereocenters. The van der Waals surface area contributed by atoms with Crippen LogP contribution in [0.4, 0.5) is 11.4 Å². The van der Waals surface area contributed by atoms with E-state index in [2.05, 4.69) is 6.92 Å². The second-order valence-corrected chi connectivity index (χ2v) is 4.20. The van der Waals surface area contributed by atoms with E-state index in [1.54, 1.807) is 4.90 Å². The fraction of sp³-hybridized carbons (Fsp3) is 0.462. The van der Waals surface area contributed by atoms with Gasteiger partial charge >= 0.3 is 0 Å². The lowest BCUT2D eigenvalue weighted by atomic mass is 10.1. The summed E-state index contributed by atoms with van der Waals surface area (Å²) in [6.45, 7) is 6.58. The summed E-state index contributed by atoms with van der Waals surface area (Å²) < 4.78 is 0. The maximum absolute atomic E-state index is 12.1. The van der Waals surface area contributed by atoms with Crippen molar-refractivity contribution in [3.63, 3.8) is 0 Å². The molecule has 0 bridgehead atoms. The fourth-order valence-corrected chi connectivity index (χ4v) is 1.62. The van der Waals surface area contributed by atoms with E-state index in [4.69, 9.17) is 5.73 Å². The molecule has 88 valence electrons. The standard InChI is InChI=1S/C13H20N2O/c1-4-9-15(13(16)10(2)3)12-8-6-5-7-11(12)14/h5-8,10H,4,9,14H2,1-3H3. The molecule has 0 saturated carbocycles. The SMILES string of the molecule is CCCN(C(=O)C(C)C)c1ccccc1N. The molecule has 0 radical (unpaired) electrons. The number of amides is 1. The van der Waals surface area contributed by atoms with Crippen LogP contribution in [0.3, 0.4) is 0 Å². The lowest BCUT2D eigenvalue weighted by Crippen LogP contribution is -2.35. The first kappa shape index (κ1) is 12.6. The summed E-state index contributed by atoms with van der Waals surface area (Å²) in [7, 11) is 0. The Labute approximate surface area is 97.2 Å². The highest BCUT2D eigenvalue weighted by molar-refractivity contribution is 5.97. The molecule has 3 heteroatoms. The van der Waals surface area contributed by atoms with Gasteiger partial charge in [-0.15, -0.1) is 0 Å². The van der Waals surface area contributed by atoms with Gasteiger partial charge in [0.15, 0.2) is 0 Å².